The average Bonchev–Trinajstić information content (AvgIpc) is 2.86. The molecule has 0 radical (unpaired) electrons. The number of aromatic nitrogens is 2. The largest absolute Gasteiger partial charge is 0.493 e. The van der Waals surface area contributed by atoms with E-state index in [0.29, 0.717) is 50.9 Å². The molecule has 178 valence electrons. The first kappa shape index (κ1) is 23.4. The highest BCUT2D eigenvalue weighted by molar-refractivity contribution is 6.35. The summed E-state index contributed by atoms with van der Waals surface area (Å²) < 4.78 is 5.73. The van der Waals surface area contributed by atoms with E-state index < -0.39 is 0 Å². The number of nitrogens with zero attached hydrogens (tertiary/aromatic N) is 3. The van der Waals surface area contributed by atoms with E-state index in [1.54, 1.807) is 49.8 Å². The third-order valence-electron chi connectivity index (χ3n) is 5.99. The Balaban J connectivity index is 1.59. The van der Waals surface area contributed by atoms with Crippen LogP contribution in [0.2, 0.25) is 10.0 Å². The minimum absolute atomic E-state index is 0.176. The Kier molecular flexibility index (Phi) is 6.47. The van der Waals surface area contributed by atoms with Gasteiger partial charge in [-0.15, -0.1) is 0 Å². The number of halogens is 2. The summed E-state index contributed by atoms with van der Waals surface area (Å²) in [4.78, 5) is 28.2. The number of pyridine rings is 2. The zero-order chi connectivity index (χ0) is 24.5. The monoisotopic (exact) mass is 508 g/mol. The molecule has 2 aromatic heterocycles. The number of benzene rings is 2. The molecule has 1 N–H and O–H groups in total. The van der Waals surface area contributed by atoms with Gasteiger partial charge in [0.05, 0.1) is 42.2 Å². The van der Waals surface area contributed by atoms with Gasteiger partial charge in [-0.3, -0.25) is 24.7 Å². The maximum absolute atomic E-state index is 13.5. The number of ether oxygens (including phenoxy) is 1. The van der Waals surface area contributed by atoms with Gasteiger partial charge in [-0.25, -0.2) is 0 Å². The quantitative estimate of drug-likeness (QED) is 0.340. The molecule has 0 unspecified atom stereocenters. The maximum Gasteiger partial charge on any atom is 0.255 e. The van der Waals surface area contributed by atoms with Crippen molar-refractivity contribution < 1.29 is 14.4 Å². The molecule has 1 aliphatic heterocycles. The van der Waals surface area contributed by atoms with Gasteiger partial charge in [0.2, 0.25) is 0 Å². The van der Waals surface area contributed by atoms with Crippen LogP contribution in [0.3, 0.4) is 0 Å². The summed E-state index contributed by atoms with van der Waals surface area (Å²) in [6.07, 6.45) is 3.88. The lowest BCUT2D eigenvalue weighted by Gasteiger charge is -2.27. The number of nitrogens with one attached hydrogen (secondary N) is 1. The molecule has 0 aliphatic carbocycles. The molecule has 0 saturated heterocycles. The lowest BCUT2D eigenvalue weighted by Crippen LogP contribution is -2.33. The van der Waals surface area contributed by atoms with E-state index in [4.69, 9.17) is 32.8 Å². The molecule has 0 fully saturated rings. The number of carbonyl (C=O) groups excluding carboxylic acids is 1. The van der Waals surface area contributed by atoms with Gasteiger partial charge in [0, 0.05) is 52.4 Å². The second-order valence-corrected chi connectivity index (χ2v) is 8.99. The number of fused-ring (bicyclic) bond motifs is 2. The van der Waals surface area contributed by atoms with Gasteiger partial charge in [-0.1, -0.05) is 41.4 Å². The lowest BCUT2D eigenvalue weighted by molar-refractivity contribution is 0.0922. The molecule has 0 spiro atoms. The van der Waals surface area contributed by atoms with Crippen LogP contribution >= 0.6 is 23.2 Å². The predicted octanol–water partition coefficient (Wildman–Crippen LogP) is 5.85. The van der Waals surface area contributed by atoms with Crippen LogP contribution in [0.4, 0.5) is 5.69 Å². The number of hydrogen-bond donors (Lipinski definition) is 1. The standard InChI is InChI=1S/C26H22Cl2N4O3/c1-32(34-2)25-19-7-9-29-23(15-11-16(27)13-17(28)12-15)24(19)30-14-20(25)26(33)31-21-8-10-35-22-6-4-3-5-18(21)22/h3-7,9,11-14,21H,8,10H2,1-2H3,(H,31,33)/t21-/m0/s1. The number of anilines is 1. The molecule has 7 nitrogen and oxygen atoms in total. The van der Waals surface area contributed by atoms with Gasteiger partial charge in [-0.2, -0.15) is 0 Å². The molecule has 2 aromatic carbocycles. The van der Waals surface area contributed by atoms with Gasteiger partial charge in [0.25, 0.3) is 5.91 Å². The first-order valence-corrected chi connectivity index (χ1v) is 11.8. The van der Waals surface area contributed by atoms with E-state index in [-0.39, 0.29) is 11.9 Å². The summed E-state index contributed by atoms with van der Waals surface area (Å²) in [5.41, 5.74) is 3.83. The van der Waals surface area contributed by atoms with Gasteiger partial charge in [-0.05, 0) is 30.3 Å². The Bertz CT molecular complexity index is 1410. The number of hydroxylamine groups is 1. The van der Waals surface area contributed by atoms with Crippen molar-refractivity contribution in [3.05, 3.63) is 82.1 Å². The molecule has 1 amide bonds. The minimum Gasteiger partial charge on any atom is -0.493 e. The molecule has 3 heterocycles. The van der Waals surface area contributed by atoms with E-state index in [0.717, 1.165) is 16.9 Å². The Morgan fingerprint density at radius 1 is 1.14 bits per heavy atom. The lowest BCUT2D eigenvalue weighted by atomic mass is 9.99. The topological polar surface area (TPSA) is 76.6 Å². The third-order valence-corrected chi connectivity index (χ3v) is 6.43. The number of hydrogen-bond acceptors (Lipinski definition) is 6. The van der Waals surface area contributed by atoms with Crippen molar-refractivity contribution in [2.45, 2.75) is 12.5 Å². The average molecular weight is 509 g/mol. The Morgan fingerprint density at radius 2 is 1.91 bits per heavy atom. The smallest absolute Gasteiger partial charge is 0.255 e. The molecule has 1 atom stereocenters. The van der Waals surface area contributed by atoms with Crippen LogP contribution in [-0.2, 0) is 4.84 Å². The Hall–Kier alpha value is -3.39. The van der Waals surface area contributed by atoms with Crippen molar-refractivity contribution in [1.82, 2.24) is 15.3 Å². The fraction of sp³-hybridized carbons (Fsp3) is 0.192. The summed E-state index contributed by atoms with van der Waals surface area (Å²) in [6.45, 7) is 0.528. The molecule has 4 aromatic rings. The van der Waals surface area contributed by atoms with Crippen molar-refractivity contribution >= 4 is 45.7 Å². The van der Waals surface area contributed by atoms with Gasteiger partial charge in [0.1, 0.15) is 5.75 Å². The zero-order valence-electron chi connectivity index (χ0n) is 19.1. The van der Waals surface area contributed by atoms with Crippen molar-refractivity contribution in [1.29, 1.82) is 0 Å². The van der Waals surface area contributed by atoms with Gasteiger partial charge < -0.3 is 10.1 Å². The van der Waals surface area contributed by atoms with Crippen LogP contribution in [-0.4, -0.2) is 36.6 Å². The Morgan fingerprint density at radius 3 is 2.69 bits per heavy atom. The van der Waals surface area contributed by atoms with Crippen molar-refractivity contribution in [3.8, 4) is 17.0 Å². The molecule has 5 rings (SSSR count). The molecule has 1 aliphatic rings. The van der Waals surface area contributed by atoms with E-state index in [1.807, 2.05) is 30.3 Å². The van der Waals surface area contributed by atoms with Gasteiger partial charge >= 0.3 is 0 Å². The fourth-order valence-corrected chi connectivity index (χ4v) is 4.86. The normalized spacial score (nSPS) is 14.8. The molecule has 0 saturated carbocycles. The van der Waals surface area contributed by atoms with Crippen LogP contribution in [0.1, 0.15) is 28.4 Å². The molecule has 9 heteroatoms. The molecule has 0 bridgehead atoms. The fourth-order valence-electron chi connectivity index (χ4n) is 4.34. The first-order chi connectivity index (χ1) is 17.0. The first-order valence-electron chi connectivity index (χ1n) is 11.0. The van der Waals surface area contributed by atoms with Crippen LogP contribution in [0.25, 0.3) is 22.2 Å². The second-order valence-electron chi connectivity index (χ2n) is 8.12. The number of para-hydroxylation sites is 1. The van der Waals surface area contributed by atoms with E-state index in [9.17, 15) is 4.79 Å². The van der Waals surface area contributed by atoms with Crippen LogP contribution < -0.4 is 15.1 Å². The van der Waals surface area contributed by atoms with Crippen LogP contribution in [0, 0.1) is 0 Å². The SMILES string of the molecule is CON(C)c1c(C(=O)N[C@H]2CCOc3ccccc32)cnc2c(-c3cc(Cl)cc(Cl)c3)nccc12. The van der Waals surface area contributed by atoms with Crippen molar-refractivity contribution in [2.24, 2.45) is 0 Å². The Labute approximate surface area is 212 Å². The highest BCUT2D eigenvalue weighted by Crippen LogP contribution is 2.36. The third kappa shape index (κ3) is 4.50. The summed E-state index contributed by atoms with van der Waals surface area (Å²) in [5.74, 6) is 0.523. The number of amides is 1. The predicted molar refractivity (Wildman–Crippen MR) is 137 cm³/mol. The summed E-state index contributed by atoms with van der Waals surface area (Å²) in [7, 11) is 3.28. The van der Waals surface area contributed by atoms with E-state index in [1.165, 1.54) is 0 Å². The summed E-state index contributed by atoms with van der Waals surface area (Å²) in [5, 5.41) is 6.38. The summed E-state index contributed by atoms with van der Waals surface area (Å²) in [6, 6.07) is 14.6. The van der Waals surface area contributed by atoms with E-state index in [2.05, 4.69) is 15.3 Å². The molecular weight excluding hydrogens is 487 g/mol. The molecule has 35 heavy (non-hydrogen) atoms. The van der Waals surface area contributed by atoms with Crippen molar-refractivity contribution in [3.63, 3.8) is 0 Å². The second kappa shape index (κ2) is 9.70. The van der Waals surface area contributed by atoms with Crippen LogP contribution in [0.5, 0.6) is 5.75 Å². The maximum atomic E-state index is 13.5. The number of rotatable bonds is 5. The summed E-state index contributed by atoms with van der Waals surface area (Å²) >= 11 is 12.5. The highest BCUT2D eigenvalue weighted by atomic mass is 35.5. The highest BCUT2D eigenvalue weighted by Gasteiger charge is 2.26. The number of carbonyl (C=O) groups is 1. The zero-order valence-corrected chi connectivity index (χ0v) is 20.6. The minimum atomic E-state index is -0.260. The van der Waals surface area contributed by atoms with E-state index >= 15 is 0 Å². The van der Waals surface area contributed by atoms with Crippen LogP contribution in [0.15, 0.2) is 60.9 Å². The molecular formula is C26H22Cl2N4O3. The van der Waals surface area contributed by atoms with Gasteiger partial charge in [0.15, 0.2) is 0 Å². The van der Waals surface area contributed by atoms with Crippen molar-refractivity contribution in [2.75, 3.05) is 25.8 Å².